The maximum Gasteiger partial charge on any atom is 0.153 e. The molecule has 1 heterocycles. The number of hydrogen-bond donors (Lipinski definition) is 0. The molecule has 0 N–H and O–H groups in total. The minimum Gasteiger partial charge on any atom is -0.220 e. The Morgan fingerprint density at radius 3 is 2.33 bits per heavy atom. The van der Waals surface area contributed by atoms with Crippen LogP contribution in [-0.2, 0) is 0 Å². The molecule has 15 heavy (non-hydrogen) atoms. The van der Waals surface area contributed by atoms with Crippen LogP contribution in [0.1, 0.15) is 5.82 Å². The second-order valence-electron chi connectivity index (χ2n) is 2.95. The molecule has 6 heteroatoms. The number of aromatic nitrogens is 3. The predicted octanol–water partition coefficient (Wildman–Crippen LogP) is 2.62. The molecule has 0 saturated heterocycles. The van der Waals surface area contributed by atoms with Crippen molar-refractivity contribution in [3.63, 3.8) is 0 Å². The summed E-state index contributed by atoms with van der Waals surface area (Å²) in [5.41, 5.74) is -0.223. The molecular weight excluding hydrogens is 268 g/mol. The Hall–Kier alpha value is -1.30. The summed E-state index contributed by atoms with van der Waals surface area (Å²) < 4.78 is 28.3. The van der Waals surface area contributed by atoms with E-state index < -0.39 is 11.6 Å². The predicted molar refractivity (Wildman–Crippen MR) is 53.7 cm³/mol. The molecule has 0 bridgehead atoms. The van der Waals surface area contributed by atoms with Crippen molar-refractivity contribution in [1.82, 2.24) is 14.8 Å². The van der Waals surface area contributed by atoms with Crippen LogP contribution in [0.5, 0.6) is 0 Å². The Labute approximate surface area is 92.9 Å². The highest BCUT2D eigenvalue weighted by Crippen LogP contribution is 2.21. The summed E-state index contributed by atoms with van der Waals surface area (Å²) in [6.07, 6.45) is 1.27. The van der Waals surface area contributed by atoms with Crippen LogP contribution in [0, 0.1) is 18.6 Å². The SMILES string of the molecule is Cc1ncn(-c2c(F)cc(Br)cc2F)n1. The Morgan fingerprint density at radius 2 is 1.87 bits per heavy atom. The van der Waals surface area contributed by atoms with Gasteiger partial charge in [0.1, 0.15) is 17.8 Å². The first-order chi connectivity index (χ1) is 7.08. The summed E-state index contributed by atoms with van der Waals surface area (Å²) in [6, 6.07) is 2.35. The average molecular weight is 274 g/mol. The molecular formula is C9H6BrF2N3. The van der Waals surface area contributed by atoms with Crippen LogP contribution in [0.25, 0.3) is 5.69 Å². The summed E-state index contributed by atoms with van der Waals surface area (Å²) in [5, 5.41) is 3.84. The number of hydrogen-bond acceptors (Lipinski definition) is 2. The number of halogens is 3. The Balaban J connectivity index is 2.62. The second-order valence-corrected chi connectivity index (χ2v) is 3.87. The Bertz CT molecular complexity index is 487. The summed E-state index contributed by atoms with van der Waals surface area (Å²) in [7, 11) is 0. The van der Waals surface area contributed by atoms with Gasteiger partial charge >= 0.3 is 0 Å². The van der Waals surface area contributed by atoms with Gasteiger partial charge in [-0.15, -0.1) is 0 Å². The van der Waals surface area contributed by atoms with Crippen molar-refractivity contribution >= 4 is 15.9 Å². The lowest BCUT2D eigenvalue weighted by Gasteiger charge is -2.04. The molecule has 78 valence electrons. The van der Waals surface area contributed by atoms with Crippen molar-refractivity contribution in [3.8, 4) is 5.69 Å². The second kappa shape index (κ2) is 3.69. The fourth-order valence-electron chi connectivity index (χ4n) is 1.21. The van der Waals surface area contributed by atoms with Gasteiger partial charge in [-0.1, -0.05) is 15.9 Å². The monoisotopic (exact) mass is 273 g/mol. The lowest BCUT2D eigenvalue weighted by molar-refractivity contribution is 0.558. The van der Waals surface area contributed by atoms with Gasteiger partial charge in [0.05, 0.1) is 0 Å². The molecule has 2 aromatic rings. The van der Waals surface area contributed by atoms with Crippen LogP contribution < -0.4 is 0 Å². The highest BCUT2D eigenvalue weighted by molar-refractivity contribution is 9.10. The molecule has 0 amide bonds. The third-order valence-electron chi connectivity index (χ3n) is 1.82. The van der Waals surface area contributed by atoms with Gasteiger partial charge in [0, 0.05) is 4.47 Å². The molecule has 2 rings (SSSR count). The van der Waals surface area contributed by atoms with Crippen molar-refractivity contribution < 1.29 is 8.78 Å². The molecule has 0 spiro atoms. The van der Waals surface area contributed by atoms with Crippen molar-refractivity contribution in [2.75, 3.05) is 0 Å². The van der Waals surface area contributed by atoms with Crippen LogP contribution in [0.3, 0.4) is 0 Å². The summed E-state index contributed by atoms with van der Waals surface area (Å²) >= 11 is 3.00. The first-order valence-electron chi connectivity index (χ1n) is 4.11. The average Bonchev–Trinajstić information content (AvgIpc) is 2.49. The van der Waals surface area contributed by atoms with Crippen molar-refractivity contribution in [3.05, 3.63) is 40.4 Å². The number of nitrogens with zero attached hydrogens (tertiary/aromatic N) is 3. The molecule has 0 aliphatic carbocycles. The maximum atomic E-state index is 13.4. The zero-order chi connectivity index (χ0) is 11.0. The van der Waals surface area contributed by atoms with E-state index in [0.29, 0.717) is 10.3 Å². The number of rotatable bonds is 1. The highest BCUT2D eigenvalue weighted by Gasteiger charge is 2.13. The van der Waals surface area contributed by atoms with Crippen LogP contribution >= 0.6 is 15.9 Å². The molecule has 1 aromatic heterocycles. The van der Waals surface area contributed by atoms with Crippen LogP contribution in [0.2, 0.25) is 0 Å². The molecule has 0 radical (unpaired) electrons. The Kier molecular flexibility index (Phi) is 2.52. The summed E-state index contributed by atoms with van der Waals surface area (Å²) in [6.45, 7) is 1.64. The number of benzene rings is 1. The topological polar surface area (TPSA) is 30.7 Å². The highest BCUT2D eigenvalue weighted by atomic mass is 79.9. The van der Waals surface area contributed by atoms with Crippen molar-refractivity contribution in [1.29, 1.82) is 0 Å². The fourth-order valence-corrected chi connectivity index (χ4v) is 1.61. The lowest BCUT2D eigenvalue weighted by atomic mass is 10.3. The van der Waals surface area contributed by atoms with Gasteiger partial charge in [0.25, 0.3) is 0 Å². The fraction of sp³-hybridized carbons (Fsp3) is 0.111. The van der Waals surface area contributed by atoms with E-state index in [9.17, 15) is 8.78 Å². The van der Waals surface area contributed by atoms with E-state index in [0.717, 1.165) is 4.68 Å². The van der Waals surface area contributed by atoms with E-state index in [2.05, 4.69) is 26.0 Å². The summed E-state index contributed by atoms with van der Waals surface area (Å²) in [5.74, 6) is -0.921. The standard InChI is InChI=1S/C9H6BrF2N3/c1-5-13-4-15(14-5)9-7(11)2-6(10)3-8(9)12/h2-4H,1H3. The quantitative estimate of drug-likeness (QED) is 0.800. The molecule has 0 aliphatic heterocycles. The normalized spacial score (nSPS) is 10.7. The van der Waals surface area contributed by atoms with E-state index in [1.807, 2.05) is 0 Å². The first-order valence-corrected chi connectivity index (χ1v) is 4.90. The minimum absolute atomic E-state index is 0.223. The molecule has 3 nitrogen and oxygen atoms in total. The number of aryl methyl sites for hydroxylation is 1. The smallest absolute Gasteiger partial charge is 0.153 e. The van der Waals surface area contributed by atoms with E-state index in [1.54, 1.807) is 6.92 Å². The lowest BCUT2D eigenvalue weighted by Crippen LogP contribution is -2.02. The van der Waals surface area contributed by atoms with Gasteiger partial charge in [-0.25, -0.2) is 18.4 Å². The van der Waals surface area contributed by atoms with Crippen LogP contribution in [0.15, 0.2) is 22.9 Å². The summed E-state index contributed by atoms with van der Waals surface area (Å²) in [4.78, 5) is 3.80. The van der Waals surface area contributed by atoms with Crippen molar-refractivity contribution in [2.45, 2.75) is 6.92 Å². The van der Waals surface area contributed by atoms with E-state index in [4.69, 9.17) is 0 Å². The van der Waals surface area contributed by atoms with Crippen molar-refractivity contribution in [2.24, 2.45) is 0 Å². The third-order valence-corrected chi connectivity index (χ3v) is 2.28. The van der Waals surface area contributed by atoms with Gasteiger partial charge < -0.3 is 0 Å². The minimum atomic E-state index is -0.688. The molecule has 0 saturated carbocycles. The van der Waals surface area contributed by atoms with Gasteiger partial charge in [0.15, 0.2) is 11.6 Å². The van der Waals surface area contributed by atoms with E-state index >= 15 is 0 Å². The van der Waals surface area contributed by atoms with Gasteiger partial charge in [-0.3, -0.25) is 0 Å². The van der Waals surface area contributed by atoms with Crippen LogP contribution in [-0.4, -0.2) is 14.8 Å². The van der Waals surface area contributed by atoms with E-state index in [-0.39, 0.29) is 5.69 Å². The zero-order valence-electron chi connectivity index (χ0n) is 7.71. The zero-order valence-corrected chi connectivity index (χ0v) is 9.29. The van der Waals surface area contributed by atoms with Gasteiger partial charge in [-0.2, -0.15) is 5.10 Å². The molecule has 0 unspecified atom stereocenters. The van der Waals surface area contributed by atoms with E-state index in [1.165, 1.54) is 18.5 Å². The Morgan fingerprint density at radius 1 is 1.27 bits per heavy atom. The van der Waals surface area contributed by atoms with Crippen LogP contribution in [0.4, 0.5) is 8.78 Å². The molecule has 0 fully saturated rings. The third kappa shape index (κ3) is 1.90. The van der Waals surface area contributed by atoms with Gasteiger partial charge in [-0.05, 0) is 19.1 Å². The first kappa shape index (κ1) is 10.2. The molecule has 1 aromatic carbocycles. The molecule has 0 atom stereocenters. The largest absolute Gasteiger partial charge is 0.220 e. The van der Waals surface area contributed by atoms with Gasteiger partial charge in [0.2, 0.25) is 0 Å². The maximum absolute atomic E-state index is 13.4. The molecule has 0 aliphatic rings.